The Balaban J connectivity index is 1.73. The Morgan fingerprint density at radius 1 is 1.17 bits per heavy atom. The Kier molecular flexibility index (Phi) is 4.20. The summed E-state index contributed by atoms with van der Waals surface area (Å²) in [4.78, 5) is 34.0. The Labute approximate surface area is 170 Å². The van der Waals surface area contributed by atoms with Crippen molar-refractivity contribution in [2.45, 2.75) is 13.3 Å². The van der Waals surface area contributed by atoms with Crippen molar-refractivity contribution in [2.24, 2.45) is 0 Å². The van der Waals surface area contributed by atoms with Gasteiger partial charge in [0, 0.05) is 24.2 Å². The second-order valence-corrected chi connectivity index (χ2v) is 6.69. The number of nitrogens with one attached hydrogen (secondary N) is 2. The third-order valence-electron chi connectivity index (χ3n) is 4.79. The zero-order valence-corrected chi connectivity index (χ0v) is 16.0. The van der Waals surface area contributed by atoms with Gasteiger partial charge >= 0.3 is 0 Å². The third-order valence-corrected chi connectivity index (χ3v) is 4.79. The lowest BCUT2D eigenvalue weighted by Gasteiger charge is -2.05. The Morgan fingerprint density at radius 2 is 2.03 bits per heavy atom. The van der Waals surface area contributed by atoms with Crippen molar-refractivity contribution in [3.63, 3.8) is 0 Å². The van der Waals surface area contributed by atoms with Crippen molar-refractivity contribution in [1.29, 1.82) is 0 Å². The first-order valence-electron chi connectivity index (χ1n) is 9.41. The number of ether oxygens (including phenoxy) is 2. The number of fused-ring (bicyclic) bond motifs is 2. The van der Waals surface area contributed by atoms with Gasteiger partial charge in [-0.1, -0.05) is 13.0 Å². The monoisotopic (exact) mass is 403 g/mol. The predicted octanol–water partition coefficient (Wildman–Crippen LogP) is 2.83. The van der Waals surface area contributed by atoms with Crippen molar-refractivity contribution in [3.8, 4) is 34.0 Å². The maximum atomic E-state index is 12.9. The van der Waals surface area contributed by atoms with Gasteiger partial charge in [-0.2, -0.15) is 4.52 Å². The van der Waals surface area contributed by atoms with Gasteiger partial charge in [-0.25, -0.2) is 4.98 Å². The molecule has 30 heavy (non-hydrogen) atoms. The van der Waals surface area contributed by atoms with Gasteiger partial charge in [0.15, 0.2) is 17.1 Å². The Morgan fingerprint density at radius 3 is 2.83 bits per heavy atom. The van der Waals surface area contributed by atoms with Gasteiger partial charge in [0.25, 0.3) is 5.56 Å². The van der Waals surface area contributed by atoms with E-state index in [1.807, 2.05) is 12.1 Å². The van der Waals surface area contributed by atoms with E-state index in [4.69, 9.17) is 14.5 Å². The molecule has 0 bridgehead atoms. The van der Waals surface area contributed by atoms with Crippen molar-refractivity contribution in [2.75, 3.05) is 12.1 Å². The fraction of sp³-hybridized carbons (Fsp3) is 0.143. The molecule has 9 nitrogen and oxygen atoms in total. The lowest BCUT2D eigenvalue weighted by atomic mass is 10.1. The van der Waals surface area contributed by atoms with Gasteiger partial charge in [0.2, 0.25) is 12.7 Å². The largest absolute Gasteiger partial charge is 0.454 e. The molecule has 0 saturated carbocycles. The fourth-order valence-electron chi connectivity index (χ4n) is 3.31. The summed E-state index contributed by atoms with van der Waals surface area (Å²) in [6, 6.07) is 12.2. The lowest BCUT2D eigenvalue weighted by Crippen LogP contribution is -2.15. The normalized spacial score (nSPS) is 12.3. The maximum Gasteiger partial charge on any atom is 0.273 e. The number of carbonyl (C=O) groups excluding carboxylic acids is 1. The minimum absolute atomic E-state index is 0.163. The summed E-state index contributed by atoms with van der Waals surface area (Å²) in [5, 5.41) is 5.74. The molecule has 9 heteroatoms. The molecule has 0 atom stereocenters. The SMILES string of the molecule is CCC(=O)Nc1[nH]n2c(=O)cc(-c3ccc4c(c3)OCO4)nc2c1-c1ccccn1. The van der Waals surface area contributed by atoms with Crippen molar-refractivity contribution in [1.82, 2.24) is 19.6 Å². The van der Waals surface area contributed by atoms with Crippen LogP contribution in [0.3, 0.4) is 0 Å². The van der Waals surface area contributed by atoms with Crippen LogP contribution < -0.4 is 20.3 Å². The molecule has 0 radical (unpaired) electrons. The summed E-state index contributed by atoms with van der Waals surface area (Å²) < 4.78 is 12.1. The van der Waals surface area contributed by atoms with Crippen LogP contribution in [0.15, 0.2) is 53.5 Å². The molecule has 4 aromatic rings. The number of pyridine rings is 1. The first-order chi connectivity index (χ1) is 14.6. The molecule has 2 N–H and O–H groups in total. The first kappa shape index (κ1) is 17.9. The highest BCUT2D eigenvalue weighted by Gasteiger charge is 2.21. The molecular formula is C21H17N5O4. The van der Waals surface area contributed by atoms with E-state index in [0.717, 1.165) is 0 Å². The van der Waals surface area contributed by atoms with E-state index in [2.05, 4.69) is 15.4 Å². The number of aromatic amines is 1. The zero-order valence-electron chi connectivity index (χ0n) is 16.0. The fourth-order valence-corrected chi connectivity index (χ4v) is 3.31. The molecule has 4 heterocycles. The number of aromatic nitrogens is 4. The zero-order chi connectivity index (χ0) is 20.7. The smallest absolute Gasteiger partial charge is 0.273 e. The van der Waals surface area contributed by atoms with Gasteiger partial charge in [-0.3, -0.25) is 19.7 Å². The molecule has 1 aliphatic rings. The highest BCUT2D eigenvalue weighted by Crippen LogP contribution is 2.36. The number of hydrogen-bond acceptors (Lipinski definition) is 6. The van der Waals surface area contributed by atoms with Crippen LogP contribution >= 0.6 is 0 Å². The van der Waals surface area contributed by atoms with Crippen molar-refractivity contribution < 1.29 is 14.3 Å². The van der Waals surface area contributed by atoms with E-state index in [-0.39, 0.29) is 18.3 Å². The van der Waals surface area contributed by atoms with Crippen molar-refractivity contribution >= 4 is 17.4 Å². The highest BCUT2D eigenvalue weighted by atomic mass is 16.7. The molecule has 3 aromatic heterocycles. The van der Waals surface area contributed by atoms with Gasteiger partial charge in [0.05, 0.1) is 17.0 Å². The van der Waals surface area contributed by atoms with Crippen LogP contribution in [-0.4, -0.2) is 32.3 Å². The molecule has 0 saturated heterocycles. The van der Waals surface area contributed by atoms with Crippen LogP contribution in [0, 0.1) is 0 Å². The van der Waals surface area contributed by atoms with Gasteiger partial charge in [-0.05, 0) is 30.3 Å². The third kappa shape index (κ3) is 2.96. The van der Waals surface area contributed by atoms with Crippen LogP contribution in [0.1, 0.15) is 13.3 Å². The molecule has 5 rings (SSSR count). The van der Waals surface area contributed by atoms with Crippen LogP contribution in [0.5, 0.6) is 11.5 Å². The minimum Gasteiger partial charge on any atom is -0.454 e. The second kappa shape index (κ2) is 7.03. The predicted molar refractivity (Wildman–Crippen MR) is 110 cm³/mol. The number of nitrogens with zero attached hydrogens (tertiary/aromatic N) is 3. The topological polar surface area (TPSA) is 111 Å². The molecule has 0 fully saturated rings. The van der Waals surface area contributed by atoms with Gasteiger partial charge in [-0.15, -0.1) is 0 Å². The minimum atomic E-state index is -0.318. The summed E-state index contributed by atoms with van der Waals surface area (Å²) in [6.07, 6.45) is 1.94. The number of amides is 1. The number of H-pyrrole nitrogens is 1. The molecule has 1 aliphatic heterocycles. The molecule has 0 spiro atoms. The average molecular weight is 403 g/mol. The molecule has 0 unspecified atom stereocenters. The summed E-state index contributed by atoms with van der Waals surface area (Å²) in [5.74, 6) is 1.43. The van der Waals surface area contributed by atoms with E-state index in [9.17, 15) is 9.59 Å². The van der Waals surface area contributed by atoms with Crippen LogP contribution in [0.2, 0.25) is 0 Å². The summed E-state index contributed by atoms with van der Waals surface area (Å²) in [6.45, 7) is 1.91. The summed E-state index contributed by atoms with van der Waals surface area (Å²) in [5.41, 5.74) is 2.35. The van der Waals surface area contributed by atoms with Crippen LogP contribution in [0.25, 0.3) is 28.2 Å². The number of hydrogen-bond donors (Lipinski definition) is 2. The number of carbonyl (C=O) groups is 1. The summed E-state index contributed by atoms with van der Waals surface area (Å²) >= 11 is 0. The van der Waals surface area contributed by atoms with E-state index in [0.29, 0.717) is 51.9 Å². The number of rotatable bonds is 4. The lowest BCUT2D eigenvalue weighted by molar-refractivity contribution is -0.115. The van der Waals surface area contributed by atoms with E-state index in [1.54, 1.807) is 37.4 Å². The van der Waals surface area contributed by atoms with Crippen LogP contribution in [0.4, 0.5) is 5.82 Å². The molecule has 0 aliphatic carbocycles. The second-order valence-electron chi connectivity index (χ2n) is 6.69. The van der Waals surface area contributed by atoms with Crippen molar-refractivity contribution in [3.05, 3.63) is 59.0 Å². The molecule has 1 amide bonds. The van der Waals surface area contributed by atoms with E-state index < -0.39 is 0 Å². The quantitative estimate of drug-likeness (QED) is 0.542. The molecule has 150 valence electrons. The Hall–Kier alpha value is -4.14. The Bertz CT molecular complexity index is 1330. The molecule has 1 aromatic carbocycles. The standard InChI is InChI=1S/C21H17N5O4/c1-2-17(27)24-20-19(13-5-3-4-8-22-13)21-23-14(10-18(28)26(21)25-20)12-6-7-15-16(9-12)30-11-29-15/h3-10,25H,2,11H2,1H3,(H,24,27). The summed E-state index contributed by atoms with van der Waals surface area (Å²) in [7, 11) is 0. The molecular weight excluding hydrogens is 386 g/mol. The van der Waals surface area contributed by atoms with Crippen LogP contribution in [-0.2, 0) is 4.79 Å². The first-order valence-corrected chi connectivity index (χ1v) is 9.41. The van der Waals surface area contributed by atoms with Gasteiger partial charge < -0.3 is 14.8 Å². The number of benzene rings is 1. The van der Waals surface area contributed by atoms with Gasteiger partial charge in [0.1, 0.15) is 5.82 Å². The highest BCUT2D eigenvalue weighted by molar-refractivity contribution is 5.97. The maximum absolute atomic E-state index is 12.9. The number of anilines is 1. The van der Waals surface area contributed by atoms with E-state index >= 15 is 0 Å². The average Bonchev–Trinajstić information content (AvgIpc) is 3.38. The van der Waals surface area contributed by atoms with E-state index in [1.165, 1.54) is 10.6 Å².